The van der Waals surface area contributed by atoms with E-state index in [1.807, 2.05) is 4.90 Å². The van der Waals surface area contributed by atoms with Crippen molar-refractivity contribution in [2.24, 2.45) is 11.7 Å². The summed E-state index contributed by atoms with van der Waals surface area (Å²) >= 11 is 0. The van der Waals surface area contributed by atoms with Crippen LogP contribution in [0.4, 0.5) is 0 Å². The van der Waals surface area contributed by atoms with Gasteiger partial charge in [-0.3, -0.25) is 5.41 Å². The van der Waals surface area contributed by atoms with Crippen LogP contribution >= 0.6 is 0 Å². The van der Waals surface area contributed by atoms with Crippen LogP contribution in [-0.4, -0.2) is 36.0 Å². The van der Waals surface area contributed by atoms with Crippen molar-refractivity contribution in [3.63, 3.8) is 0 Å². The number of rotatable bonds is 2. The predicted octanol–water partition coefficient (Wildman–Crippen LogP) is 0.590. The van der Waals surface area contributed by atoms with E-state index in [2.05, 4.69) is 26.1 Å². The Morgan fingerprint density at radius 1 is 1.57 bits per heavy atom. The highest BCUT2D eigenvalue weighted by Gasteiger charge is 2.24. The van der Waals surface area contributed by atoms with Crippen LogP contribution in [0.1, 0.15) is 27.2 Å². The minimum Gasteiger partial charge on any atom is -0.370 e. The van der Waals surface area contributed by atoms with Gasteiger partial charge in [-0.1, -0.05) is 0 Å². The number of likely N-dealkylation sites (tertiary alicyclic amines) is 1. The number of nitrogens with two attached hydrogens (primary N) is 1. The van der Waals surface area contributed by atoms with Crippen molar-refractivity contribution in [2.75, 3.05) is 19.6 Å². The Morgan fingerprint density at radius 2 is 2.21 bits per heavy atom. The summed E-state index contributed by atoms with van der Waals surface area (Å²) in [6, 6.07) is 0. The summed E-state index contributed by atoms with van der Waals surface area (Å²) in [5.41, 5.74) is 5.61. The summed E-state index contributed by atoms with van der Waals surface area (Å²) in [4.78, 5) is 1.94. The molecule has 1 aliphatic heterocycles. The van der Waals surface area contributed by atoms with Gasteiger partial charge < -0.3 is 16.0 Å². The van der Waals surface area contributed by atoms with Crippen LogP contribution in [0.15, 0.2) is 0 Å². The lowest BCUT2D eigenvalue weighted by Gasteiger charge is -2.23. The van der Waals surface area contributed by atoms with Crippen molar-refractivity contribution in [1.29, 1.82) is 5.41 Å². The number of hydrogen-bond donors (Lipinski definition) is 3. The SMILES string of the molecule is CC(C)(C)NCC1CCN(C(=N)N)C1. The monoisotopic (exact) mass is 198 g/mol. The molecule has 82 valence electrons. The van der Waals surface area contributed by atoms with Gasteiger partial charge in [0.05, 0.1) is 0 Å². The Bertz CT molecular complexity index is 207. The summed E-state index contributed by atoms with van der Waals surface area (Å²) in [6.07, 6.45) is 1.14. The highest BCUT2D eigenvalue weighted by molar-refractivity contribution is 5.74. The molecule has 1 fully saturated rings. The molecule has 1 atom stereocenters. The number of guanidine groups is 1. The van der Waals surface area contributed by atoms with Crippen molar-refractivity contribution in [3.8, 4) is 0 Å². The lowest BCUT2D eigenvalue weighted by atomic mass is 10.1. The van der Waals surface area contributed by atoms with Crippen molar-refractivity contribution >= 4 is 5.96 Å². The molecule has 1 heterocycles. The van der Waals surface area contributed by atoms with Crippen LogP contribution < -0.4 is 11.1 Å². The summed E-state index contributed by atoms with van der Waals surface area (Å²) in [7, 11) is 0. The molecule has 4 N–H and O–H groups in total. The molecular weight excluding hydrogens is 176 g/mol. The van der Waals surface area contributed by atoms with E-state index in [4.69, 9.17) is 11.1 Å². The van der Waals surface area contributed by atoms with Gasteiger partial charge in [-0.15, -0.1) is 0 Å². The van der Waals surface area contributed by atoms with Crippen molar-refractivity contribution < 1.29 is 0 Å². The van der Waals surface area contributed by atoms with Crippen LogP contribution in [0, 0.1) is 11.3 Å². The third kappa shape index (κ3) is 3.54. The number of nitrogens with one attached hydrogen (secondary N) is 2. The molecule has 1 rings (SSSR count). The fraction of sp³-hybridized carbons (Fsp3) is 0.900. The average Bonchev–Trinajstić information content (AvgIpc) is 2.47. The molecule has 1 saturated heterocycles. The van der Waals surface area contributed by atoms with Crippen molar-refractivity contribution in [1.82, 2.24) is 10.2 Å². The lowest BCUT2D eigenvalue weighted by Crippen LogP contribution is -2.40. The van der Waals surface area contributed by atoms with Gasteiger partial charge in [0, 0.05) is 25.2 Å². The first-order chi connectivity index (χ1) is 6.38. The Hall–Kier alpha value is -0.770. The highest BCUT2D eigenvalue weighted by Crippen LogP contribution is 2.15. The number of hydrogen-bond acceptors (Lipinski definition) is 2. The van der Waals surface area contributed by atoms with Gasteiger partial charge in [-0.2, -0.15) is 0 Å². The Morgan fingerprint density at radius 3 is 2.64 bits per heavy atom. The van der Waals surface area contributed by atoms with E-state index in [1.165, 1.54) is 0 Å². The smallest absolute Gasteiger partial charge is 0.188 e. The van der Waals surface area contributed by atoms with Crippen LogP contribution in [0.2, 0.25) is 0 Å². The first-order valence-corrected chi connectivity index (χ1v) is 5.22. The normalized spacial score (nSPS) is 22.8. The number of nitrogens with zero attached hydrogens (tertiary/aromatic N) is 1. The Kier molecular flexibility index (Phi) is 3.37. The maximum absolute atomic E-state index is 7.32. The zero-order chi connectivity index (χ0) is 10.8. The average molecular weight is 198 g/mol. The summed E-state index contributed by atoms with van der Waals surface area (Å²) in [5.74, 6) is 0.849. The van der Waals surface area contributed by atoms with Crippen molar-refractivity contribution in [2.45, 2.75) is 32.7 Å². The molecule has 0 radical (unpaired) electrons. The third-order valence-electron chi connectivity index (χ3n) is 2.55. The van der Waals surface area contributed by atoms with E-state index in [0.717, 1.165) is 26.1 Å². The molecule has 4 heteroatoms. The van der Waals surface area contributed by atoms with Crippen LogP contribution in [0.5, 0.6) is 0 Å². The van der Waals surface area contributed by atoms with Gasteiger partial charge in [0.25, 0.3) is 0 Å². The molecule has 1 unspecified atom stereocenters. The standard InChI is InChI=1S/C10H22N4/c1-10(2,3)13-6-8-4-5-14(7-8)9(11)12/h8,13H,4-7H2,1-3H3,(H3,11,12). The topological polar surface area (TPSA) is 65.1 Å². The van der Waals surface area contributed by atoms with E-state index in [1.54, 1.807) is 0 Å². The molecule has 4 nitrogen and oxygen atoms in total. The summed E-state index contributed by atoms with van der Waals surface area (Å²) in [5, 5.41) is 10.8. The molecule has 0 spiro atoms. The molecule has 0 saturated carbocycles. The fourth-order valence-electron chi connectivity index (χ4n) is 1.67. The van der Waals surface area contributed by atoms with Crippen LogP contribution in [0.25, 0.3) is 0 Å². The molecular formula is C10H22N4. The first kappa shape index (κ1) is 11.3. The lowest BCUT2D eigenvalue weighted by molar-refractivity contribution is 0.371. The predicted molar refractivity (Wildman–Crippen MR) is 59.3 cm³/mol. The Labute approximate surface area is 86.4 Å². The maximum atomic E-state index is 7.32. The van der Waals surface area contributed by atoms with E-state index in [-0.39, 0.29) is 11.5 Å². The van der Waals surface area contributed by atoms with Gasteiger partial charge in [-0.25, -0.2) is 0 Å². The van der Waals surface area contributed by atoms with Crippen molar-refractivity contribution in [3.05, 3.63) is 0 Å². The second-order valence-corrected chi connectivity index (χ2v) is 5.12. The molecule has 0 aromatic carbocycles. The second kappa shape index (κ2) is 4.17. The zero-order valence-corrected chi connectivity index (χ0v) is 9.43. The largest absolute Gasteiger partial charge is 0.370 e. The second-order valence-electron chi connectivity index (χ2n) is 5.12. The third-order valence-corrected chi connectivity index (χ3v) is 2.55. The molecule has 14 heavy (non-hydrogen) atoms. The zero-order valence-electron chi connectivity index (χ0n) is 9.43. The van der Waals surface area contributed by atoms with Gasteiger partial charge in [-0.05, 0) is 33.1 Å². The molecule has 0 amide bonds. The highest BCUT2D eigenvalue weighted by atomic mass is 15.2. The first-order valence-electron chi connectivity index (χ1n) is 5.22. The fourth-order valence-corrected chi connectivity index (χ4v) is 1.67. The van der Waals surface area contributed by atoms with Gasteiger partial charge >= 0.3 is 0 Å². The van der Waals surface area contributed by atoms with E-state index in [0.29, 0.717) is 5.92 Å². The summed E-state index contributed by atoms with van der Waals surface area (Å²) < 4.78 is 0. The molecule has 0 aliphatic carbocycles. The van der Waals surface area contributed by atoms with E-state index in [9.17, 15) is 0 Å². The molecule has 0 bridgehead atoms. The van der Waals surface area contributed by atoms with E-state index < -0.39 is 0 Å². The Balaban J connectivity index is 2.26. The van der Waals surface area contributed by atoms with Gasteiger partial charge in [0.2, 0.25) is 0 Å². The quantitative estimate of drug-likeness (QED) is 0.449. The maximum Gasteiger partial charge on any atom is 0.188 e. The van der Waals surface area contributed by atoms with Crippen LogP contribution in [0.3, 0.4) is 0 Å². The van der Waals surface area contributed by atoms with Gasteiger partial charge in [0.15, 0.2) is 5.96 Å². The summed E-state index contributed by atoms with van der Waals surface area (Å²) in [6.45, 7) is 9.40. The molecule has 0 aromatic rings. The van der Waals surface area contributed by atoms with Crippen LogP contribution in [-0.2, 0) is 0 Å². The minimum absolute atomic E-state index is 0.184. The van der Waals surface area contributed by atoms with E-state index >= 15 is 0 Å². The molecule has 1 aliphatic rings. The van der Waals surface area contributed by atoms with Gasteiger partial charge in [0.1, 0.15) is 0 Å². The minimum atomic E-state index is 0.184. The molecule has 0 aromatic heterocycles.